The van der Waals surface area contributed by atoms with Crippen LogP contribution in [0.2, 0.25) is 0 Å². The van der Waals surface area contributed by atoms with Gasteiger partial charge in [-0.3, -0.25) is 0 Å². The number of ether oxygens (including phenoxy) is 3. The number of anilines is 1. The monoisotopic (exact) mass is 417 g/mol. The third kappa shape index (κ3) is 5.09. The Hall–Kier alpha value is -2.82. The maximum absolute atomic E-state index is 6.44. The van der Waals surface area contributed by atoms with Gasteiger partial charge >= 0.3 is 0 Å². The van der Waals surface area contributed by atoms with Gasteiger partial charge in [0.15, 0.2) is 0 Å². The molecule has 0 saturated carbocycles. The van der Waals surface area contributed by atoms with E-state index in [2.05, 4.69) is 79.8 Å². The van der Waals surface area contributed by atoms with Crippen LogP contribution in [-0.2, 0) is 22.4 Å². The first-order valence-electron chi connectivity index (χ1n) is 10.9. The van der Waals surface area contributed by atoms with E-state index in [4.69, 9.17) is 14.2 Å². The number of hydrogen-bond acceptors (Lipinski definition) is 4. The number of hydrogen-bond donors (Lipinski definition) is 1. The summed E-state index contributed by atoms with van der Waals surface area (Å²) in [4.78, 5) is 0. The van der Waals surface area contributed by atoms with Crippen molar-refractivity contribution in [3.63, 3.8) is 0 Å². The SMILES string of the molecule is COC1C(OCCc2ccccc2)c2cc(NCc3ccccc3)ccc2OC1(C)C. The Morgan fingerprint density at radius 2 is 1.58 bits per heavy atom. The van der Waals surface area contributed by atoms with Crippen LogP contribution in [0.3, 0.4) is 0 Å². The molecular weight excluding hydrogens is 386 g/mol. The Morgan fingerprint density at radius 3 is 2.26 bits per heavy atom. The van der Waals surface area contributed by atoms with E-state index in [0.717, 1.165) is 30.0 Å². The summed E-state index contributed by atoms with van der Waals surface area (Å²) in [5, 5.41) is 3.52. The van der Waals surface area contributed by atoms with Crippen molar-refractivity contribution in [3.8, 4) is 5.75 Å². The van der Waals surface area contributed by atoms with Gasteiger partial charge in [-0.2, -0.15) is 0 Å². The van der Waals surface area contributed by atoms with Gasteiger partial charge in [0.25, 0.3) is 0 Å². The molecule has 0 spiro atoms. The van der Waals surface area contributed by atoms with E-state index in [1.165, 1.54) is 11.1 Å². The predicted octanol–water partition coefficient (Wildman–Crippen LogP) is 5.79. The summed E-state index contributed by atoms with van der Waals surface area (Å²) in [6, 6.07) is 27.0. The van der Waals surface area contributed by atoms with Crippen molar-refractivity contribution in [2.24, 2.45) is 0 Å². The maximum atomic E-state index is 6.44. The van der Waals surface area contributed by atoms with E-state index >= 15 is 0 Å². The highest BCUT2D eigenvalue weighted by molar-refractivity contribution is 5.53. The van der Waals surface area contributed by atoms with Crippen LogP contribution >= 0.6 is 0 Å². The van der Waals surface area contributed by atoms with Crippen molar-refractivity contribution < 1.29 is 14.2 Å². The highest BCUT2D eigenvalue weighted by Crippen LogP contribution is 2.44. The number of benzene rings is 3. The molecule has 2 atom stereocenters. The zero-order valence-electron chi connectivity index (χ0n) is 18.5. The highest BCUT2D eigenvalue weighted by atomic mass is 16.6. The lowest BCUT2D eigenvalue weighted by molar-refractivity contribution is -0.149. The van der Waals surface area contributed by atoms with Gasteiger partial charge in [-0.25, -0.2) is 0 Å². The van der Waals surface area contributed by atoms with Gasteiger partial charge in [0.1, 0.15) is 23.6 Å². The molecule has 0 fully saturated rings. The topological polar surface area (TPSA) is 39.7 Å². The number of methoxy groups -OCH3 is 1. The highest BCUT2D eigenvalue weighted by Gasteiger charge is 2.45. The molecule has 0 aromatic heterocycles. The van der Waals surface area contributed by atoms with Crippen molar-refractivity contribution in [2.75, 3.05) is 19.0 Å². The van der Waals surface area contributed by atoms with Crippen molar-refractivity contribution >= 4 is 5.69 Å². The van der Waals surface area contributed by atoms with Crippen LogP contribution in [0.15, 0.2) is 78.9 Å². The fraction of sp³-hybridized carbons (Fsp3) is 0.333. The maximum Gasteiger partial charge on any atom is 0.132 e. The summed E-state index contributed by atoms with van der Waals surface area (Å²) >= 11 is 0. The third-order valence-electron chi connectivity index (χ3n) is 5.77. The van der Waals surface area contributed by atoms with Crippen molar-refractivity contribution in [3.05, 3.63) is 95.6 Å². The quantitative estimate of drug-likeness (QED) is 0.504. The molecule has 4 nitrogen and oxygen atoms in total. The van der Waals surface area contributed by atoms with Crippen LogP contribution < -0.4 is 10.1 Å². The van der Waals surface area contributed by atoms with Gasteiger partial charge in [-0.1, -0.05) is 60.7 Å². The number of rotatable bonds is 8. The fourth-order valence-electron chi connectivity index (χ4n) is 4.18. The molecule has 31 heavy (non-hydrogen) atoms. The largest absolute Gasteiger partial charge is 0.485 e. The lowest BCUT2D eigenvalue weighted by Gasteiger charge is -2.43. The molecular formula is C27H31NO3. The third-order valence-corrected chi connectivity index (χ3v) is 5.77. The Balaban J connectivity index is 1.53. The van der Waals surface area contributed by atoms with E-state index in [1.807, 2.05) is 18.2 Å². The molecule has 3 aromatic carbocycles. The fourth-order valence-corrected chi connectivity index (χ4v) is 4.18. The van der Waals surface area contributed by atoms with E-state index in [1.54, 1.807) is 7.11 Å². The molecule has 0 aliphatic carbocycles. The number of nitrogens with one attached hydrogen (secondary N) is 1. The summed E-state index contributed by atoms with van der Waals surface area (Å²) < 4.78 is 18.6. The first kappa shape index (κ1) is 21.4. The predicted molar refractivity (Wildman–Crippen MR) is 125 cm³/mol. The first-order valence-corrected chi connectivity index (χ1v) is 10.9. The molecule has 0 bridgehead atoms. The smallest absolute Gasteiger partial charge is 0.132 e. The van der Waals surface area contributed by atoms with Crippen molar-refractivity contribution in [1.29, 1.82) is 0 Å². The molecule has 1 heterocycles. The summed E-state index contributed by atoms with van der Waals surface area (Å²) in [6.45, 7) is 5.49. The molecule has 0 radical (unpaired) electrons. The first-order chi connectivity index (χ1) is 15.1. The molecule has 0 saturated heterocycles. The van der Waals surface area contributed by atoms with Gasteiger partial charge in [0.05, 0.1) is 6.61 Å². The van der Waals surface area contributed by atoms with Gasteiger partial charge < -0.3 is 19.5 Å². The van der Waals surface area contributed by atoms with Crippen LogP contribution in [0.5, 0.6) is 5.75 Å². The Labute approximate surface area is 185 Å². The van der Waals surface area contributed by atoms with E-state index in [9.17, 15) is 0 Å². The lowest BCUT2D eigenvalue weighted by atomic mass is 9.88. The molecule has 1 aliphatic rings. The zero-order chi connectivity index (χ0) is 21.7. The minimum Gasteiger partial charge on any atom is -0.485 e. The van der Waals surface area contributed by atoms with E-state index < -0.39 is 5.60 Å². The summed E-state index contributed by atoms with van der Waals surface area (Å²) in [5.74, 6) is 0.855. The molecule has 162 valence electrons. The second kappa shape index (κ2) is 9.54. The molecule has 3 aromatic rings. The van der Waals surface area contributed by atoms with Crippen LogP contribution in [0.25, 0.3) is 0 Å². The average molecular weight is 418 g/mol. The van der Waals surface area contributed by atoms with Crippen LogP contribution in [0.1, 0.15) is 36.6 Å². The van der Waals surface area contributed by atoms with Crippen molar-refractivity contribution in [1.82, 2.24) is 0 Å². The van der Waals surface area contributed by atoms with Gasteiger partial charge in [0.2, 0.25) is 0 Å². The van der Waals surface area contributed by atoms with Crippen molar-refractivity contribution in [2.45, 2.75) is 44.6 Å². The average Bonchev–Trinajstić information content (AvgIpc) is 2.78. The second-order valence-corrected chi connectivity index (χ2v) is 8.48. The van der Waals surface area contributed by atoms with E-state index in [-0.39, 0.29) is 12.2 Å². The molecule has 4 rings (SSSR count). The standard InChI is InChI=1S/C27H31NO3/c1-27(2)26(29-3)25(30-17-16-20-10-6-4-7-11-20)23-18-22(14-15-24(23)31-27)28-19-21-12-8-5-9-13-21/h4-15,18,25-26,28H,16-17,19H2,1-3H3. The van der Waals surface area contributed by atoms with Gasteiger partial charge in [-0.05, 0) is 49.6 Å². The molecule has 1 aliphatic heterocycles. The van der Waals surface area contributed by atoms with Crippen LogP contribution in [0, 0.1) is 0 Å². The summed E-state index contributed by atoms with van der Waals surface area (Å²) in [6.07, 6.45) is 0.446. The van der Waals surface area contributed by atoms with Crippen LogP contribution in [-0.4, -0.2) is 25.4 Å². The molecule has 1 N–H and O–H groups in total. The minimum absolute atomic E-state index is 0.203. The summed E-state index contributed by atoms with van der Waals surface area (Å²) in [7, 11) is 1.73. The normalized spacial score (nSPS) is 19.3. The number of fused-ring (bicyclic) bond motifs is 1. The van der Waals surface area contributed by atoms with Gasteiger partial charge in [0, 0.05) is 24.9 Å². The molecule has 2 unspecified atom stereocenters. The lowest BCUT2D eigenvalue weighted by Crippen LogP contribution is -2.50. The zero-order valence-corrected chi connectivity index (χ0v) is 18.5. The Morgan fingerprint density at radius 1 is 0.903 bits per heavy atom. The second-order valence-electron chi connectivity index (χ2n) is 8.48. The summed E-state index contributed by atoms with van der Waals surface area (Å²) in [5.41, 5.74) is 4.08. The minimum atomic E-state index is -0.488. The molecule has 4 heteroatoms. The Kier molecular flexibility index (Phi) is 6.59. The van der Waals surface area contributed by atoms with Crippen LogP contribution in [0.4, 0.5) is 5.69 Å². The Bertz CT molecular complexity index is 972. The molecule has 0 amide bonds. The van der Waals surface area contributed by atoms with Gasteiger partial charge in [-0.15, -0.1) is 0 Å². The van der Waals surface area contributed by atoms with E-state index in [0.29, 0.717) is 6.61 Å².